The minimum Gasteiger partial charge on any atom is -0.487 e. The molecule has 0 saturated heterocycles. The van der Waals surface area contributed by atoms with Gasteiger partial charge in [0, 0.05) is 24.0 Å². The van der Waals surface area contributed by atoms with E-state index in [0.29, 0.717) is 28.1 Å². The molecule has 0 fully saturated rings. The molecule has 0 spiro atoms. The summed E-state index contributed by atoms with van der Waals surface area (Å²) < 4.78 is 5.55. The van der Waals surface area contributed by atoms with E-state index in [-0.39, 0.29) is 0 Å². The highest BCUT2D eigenvalue weighted by atomic mass is 35.5. The van der Waals surface area contributed by atoms with Gasteiger partial charge >= 0.3 is 0 Å². The van der Waals surface area contributed by atoms with Gasteiger partial charge in [0.1, 0.15) is 12.4 Å². The number of benzene rings is 1. The molecule has 0 aliphatic carbocycles. The van der Waals surface area contributed by atoms with Gasteiger partial charge in [-0.15, -0.1) is 0 Å². The zero-order valence-corrected chi connectivity index (χ0v) is 10.4. The first-order chi connectivity index (χ1) is 8.16. The summed E-state index contributed by atoms with van der Waals surface area (Å²) in [6.07, 6.45) is 3.44. The molecule has 0 aliphatic heterocycles. The van der Waals surface area contributed by atoms with Gasteiger partial charge in [-0.05, 0) is 12.1 Å². The first-order valence-corrected chi connectivity index (χ1v) is 5.68. The first-order valence-electron chi connectivity index (χ1n) is 4.93. The zero-order chi connectivity index (χ0) is 12.3. The minimum absolute atomic E-state index is 0.385. The van der Waals surface area contributed by atoms with Gasteiger partial charge in [-0.2, -0.15) is 0 Å². The Labute approximate surface area is 109 Å². The van der Waals surface area contributed by atoms with E-state index in [4.69, 9.17) is 33.7 Å². The number of halogens is 2. The SMILES string of the molecule is Nc1cc(Cl)c(Cl)cc1OCc1cccnc1. The van der Waals surface area contributed by atoms with Gasteiger partial charge in [0.15, 0.2) is 0 Å². The third-order valence-corrected chi connectivity index (χ3v) is 2.89. The molecule has 1 aromatic heterocycles. The molecule has 0 unspecified atom stereocenters. The van der Waals surface area contributed by atoms with Crippen LogP contribution in [-0.2, 0) is 6.61 Å². The van der Waals surface area contributed by atoms with Gasteiger partial charge in [0.2, 0.25) is 0 Å². The fraction of sp³-hybridized carbons (Fsp3) is 0.0833. The summed E-state index contributed by atoms with van der Waals surface area (Å²) in [4.78, 5) is 3.99. The third kappa shape index (κ3) is 3.02. The number of anilines is 1. The number of pyridine rings is 1. The maximum Gasteiger partial charge on any atom is 0.144 e. The van der Waals surface area contributed by atoms with Crippen molar-refractivity contribution in [2.75, 3.05) is 5.73 Å². The van der Waals surface area contributed by atoms with Crippen molar-refractivity contribution in [3.8, 4) is 5.75 Å². The van der Waals surface area contributed by atoms with E-state index in [1.807, 2.05) is 12.1 Å². The smallest absolute Gasteiger partial charge is 0.144 e. The number of nitrogens with two attached hydrogens (primary N) is 1. The van der Waals surface area contributed by atoms with E-state index in [2.05, 4.69) is 4.98 Å². The summed E-state index contributed by atoms with van der Waals surface area (Å²) in [5.41, 5.74) is 7.19. The number of ether oxygens (including phenoxy) is 1. The molecule has 3 nitrogen and oxygen atoms in total. The molecule has 0 bridgehead atoms. The van der Waals surface area contributed by atoms with E-state index < -0.39 is 0 Å². The van der Waals surface area contributed by atoms with Crippen LogP contribution in [0.25, 0.3) is 0 Å². The van der Waals surface area contributed by atoms with Gasteiger partial charge in [-0.25, -0.2) is 0 Å². The second-order valence-electron chi connectivity index (χ2n) is 3.45. The fourth-order valence-electron chi connectivity index (χ4n) is 1.31. The van der Waals surface area contributed by atoms with Gasteiger partial charge in [0.25, 0.3) is 0 Å². The average Bonchev–Trinajstić information content (AvgIpc) is 2.33. The van der Waals surface area contributed by atoms with Crippen LogP contribution in [-0.4, -0.2) is 4.98 Å². The molecule has 2 aromatic rings. The predicted molar refractivity (Wildman–Crippen MR) is 69.4 cm³/mol. The van der Waals surface area contributed by atoms with E-state index in [1.54, 1.807) is 24.5 Å². The van der Waals surface area contributed by atoms with Crippen LogP contribution in [0.15, 0.2) is 36.7 Å². The van der Waals surface area contributed by atoms with Crippen LogP contribution >= 0.6 is 23.2 Å². The Balaban J connectivity index is 2.12. The second-order valence-corrected chi connectivity index (χ2v) is 4.27. The molecule has 1 heterocycles. The standard InChI is InChI=1S/C12H10Cl2N2O/c13-9-4-11(15)12(5-10(9)14)17-7-8-2-1-3-16-6-8/h1-6H,7,15H2. The highest BCUT2D eigenvalue weighted by Crippen LogP contribution is 2.32. The lowest BCUT2D eigenvalue weighted by atomic mass is 10.3. The van der Waals surface area contributed by atoms with Crippen molar-refractivity contribution in [2.24, 2.45) is 0 Å². The fourth-order valence-corrected chi connectivity index (χ4v) is 1.64. The van der Waals surface area contributed by atoms with Crippen LogP contribution in [0.4, 0.5) is 5.69 Å². The highest BCUT2D eigenvalue weighted by Gasteiger charge is 2.06. The number of rotatable bonds is 3. The van der Waals surface area contributed by atoms with Crippen molar-refractivity contribution in [3.63, 3.8) is 0 Å². The lowest BCUT2D eigenvalue weighted by molar-refractivity contribution is 0.307. The van der Waals surface area contributed by atoms with Crippen LogP contribution in [0.2, 0.25) is 10.0 Å². The summed E-state index contributed by atoms with van der Waals surface area (Å²) in [7, 11) is 0. The molecule has 2 rings (SSSR count). The maximum absolute atomic E-state index is 5.89. The zero-order valence-electron chi connectivity index (χ0n) is 8.86. The van der Waals surface area contributed by atoms with Crippen molar-refractivity contribution in [1.29, 1.82) is 0 Å². The van der Waals surface area contributed by atoms with E-state index in [1.165, 1.54) is 0 Å². The molecule has 0 radical (unpaired) electrons. The Hall–Kier alpha value is -1.45. The molecule has 0 amide bonds. The first kappa shape index (κ1) is 12.0. The molecule has 0 saturated carbocycles. The predicted octanol–water partition coefficient (Wildman–Crippen LogP) is 3.55. The van der Waals surface area contributed by atoms with Gasteiger partial charge < -0.3 is 10.5 Å². The number of hydrogen-bond acceptors (Lipinski definition) is 3. The van der Waals surface area contributed by atoms with E-state index in [9.17, 15) is 0 Å². The van der Waals surface area contributed by atoms with E-state index in [0.717, 1.165) is 5.56 Å². The van der Waals surface area contributed by atoms with Crippen molar-refractivity contribution in [1.82, 2.24) is 4.98 Å². The molecule has 0 aliphatic rings. The highest BCUT2D eigenvalue weighted by molar-refractivity contribution is 6.42. The molecule has 5 heteroatoms. The minimum atomic E-state index is 0.385. The van der Waals surface area contributed by atoms with Crippen molar-refractivity contribution in [3.05, 3.63) is 52.3 Å². The monoisotopic (exact) mass is 268 g/mol. The molecular weight excluding hydrogens is 259 g/mol. The topological polar surface area (TPSA) is 48.1 Å². The average molecular weight is 269 g/mol. The lowest BCUT2D eigenvalue weighted by Crippen LogP contribution is -1.99. The largest absolute Gasteiger partial charge is 0.487 e. The molecule has 0 atom stereocenters. The maximum atomic E-state index is 5.89. The van der Waals surface area contributed by atoms with Crippen molar-refractivity contribution in [2.45, 2.75) is 6.61 Å². The second kappa shape index (κ2) is 5.25. The molecule has 88 valence electrons. The number of nitrogens with zero attached hydrogens (tertiary/aromatic N) is 1. The molecule has 17 heavy (non-hydrogen) atoms. The van der Waals surface area contributed by atoms with Crippen molar-refractivity contribution < 1.29 is 4.74 Å². The summed E-state index contributed by atoms with van der Waals surface area (Å²) in [6, 6.07) is 6.94. The van der Waals surface area contributed by atoms with Crippen LogP contribution < -0.4 is 10.5 Å². The van der Waals surface area contributed by atoms with Gasteiger partial charge in [-0.3, -0.25) is 4.98 Å². The number of hydrogen-bond donors (Lipinski definition) is 1. The Morgan fingerprint density at radius 1 is 1.24 bits per heavy atom. The number of nitrogen functional groups attached to an aromatic ring is 1. The molecule has 2 N–H and O–H groups in total. The van der Waals surface area contributed by atoms with Crippen molar-refractivity contribution >= 4 is 28.9 Å². The molecular formula is C12H10Cl2N2O. The van der Waals surface area contributed by atoms with Crippen LogP contribution in [0.3, 0.4) is 0 Å². The Bertz CT molecular complexity index is 517. The van der Waals surface area contributed by atoms with Gasteiger partial charge in [0.05, 0.1) is 15.7 Å². The van der Waals surface area contributed by atoms with Crippen LogP contribution in [0.5, 0.6) is 5.75 Å². The lowest BCUT2D eigenvalue weighted by Gasteiger charge is -2.09. The summed E-state index contributed by atoms with van der Waals surface area (Å²) in [6.45, 7) is 0.385. The van der Waals surface area contributed by atoms with E-state index >= 15 is 0 Å². The Morgan fingerprint density at radius 2 is 2.00 bits per heavy atom. The summed E-state index contributed by atoms with van der Waals surface area (Å²) >= 11 is 11.7. The summed E-state index contributed by atoms with van der Waals surface area (Å²) in [5, 5.41) is 0.833. The molecule has 1 aromatic carbocycles. The van der Waals surface area contributed by atoms with Gasteiger partial charge in [-0.1, -0.05) is 29.3 Å². The van der Waals surface area contributed by atoms with Crippen LogP contribution in [0.1, 0.15) is 5.56 Å². The third-order valence-electron chi connectivity index (χ3n) is 2.17. The summed E-state index contributed by atoms with van der Waals surface area (Å²) in [5.74, 6) is 0.517. The number of aromatic nitrogens is 1. The van der Waals surface area contributed by atoms with Crippen LogP contribution in [0, 0.1) is 0 Å². The Morgan fingerprint density at radius 3 is 2.71 bits per heavy atom. The quantitative estimate of drug-likeness (QED) is 0.867. The normalized spacial score (nSPS) is 10.2. The Kier molecular flexibility index (Phi) is 3.71.